The molecule has 7 heteroatoms. The van der Waals surface area contributed by atoms with Gasteiger partial charge in [-0.25, -0.2) is 9.78 Å². The predicted molar refractivity (Wildman–Crippen MR) is 106 cm³/mol. The monoisotopic (exact) mass is 386 g/mol. The Morgan fingerprint density at radius 2 is 1.68 bits per heavy atom. The second-order valence-corrected chi connectivity index (χ2v) is 6.61. The van der Waals surface area contributed by atoms with Crippen molar-refractivity contribution in [3.8, 4) is 11.5 Å². The first kappa shape index (κ1) is 21.2. The van der Waals surface area contributed by atoms with E-state index in [9.17, 15) is 9.59 Å². The number of amides is 1. The van der Waals surface area contributed by atoms with Gasteiger partial charge in [0.15, 0.2) is 0 Å². The first-order valence-corrected chi connectivity index (χ1v) is 9.31. The largest absolute Gasteiger partial charge is 0.491 e. The molecular formula is C21H26N2O5. The molecule has 0 spiro atoms. The number of anilines is 1. The molecule has 0 bridgehead atoms. The summed E-state index contributed by atoms with van der Waals surface area (Å²) in [5.74, 6) is -0.108. The Hall–Kier alpha value is -3.09. The van der Waals surface area contributed by atoms with Crippen LogP contribution in [-0.4, -0.2) is 34.2 Å². The van der Waals surface area contributed by atoms with Gasteiger partial charge >= 0.3 is 5.97 Å². The smallest absolute Gasteiger partial charge is 0.337 e. The maximum Gasteiger partial charge on any atom is 0.337 e. The summed E-state index contributed by atoms with van der Waals surface area (Å²) in [4.78, 5) is 27.5. The van der Waals surface area contributed by atoms with E-state index in [0.29, 0.717) is 17.1 Å². The molecule has 2 aromatic rings. The summed E-state index contributed by atoms with van der Waals surface area (Å²) in [5.41, 5.74) is 0.411. The summed E-state index contributed by atoms with van der Waals surface area (Å²) < 4.78 is 11.7. The lowest BCUT2D eigenvalue weighted by molar-refractivity contribution is 0.0696. The van der Waals surface area contributed by atoms with Gasteiger partial charge in [0.05, 0.1) is 17.8 Å². The topological polar surface area (TPSA) is 97.8 Å². The number of nitrogens with zero attached hydrogens (tertiary/aromatic N) is 1. The van der Waals surface area contributed by atoms with Crippen molar-refractivity contribution in [3.05, 3.63) is 47.7 Å². The van der Waals surface area contributed by atoms with Gasteiger partial charge in [-0.2, -0.15) is 0 Å². The van der Waals surface area contributed by atoms with Crippen molar-refractivity contribution < 1.29 is 24.2 Å². The van der Waals surface area contributed by atoms with E-state index < -0.39 is 5.97 Å². The number of nitrogens with one attached hydrogen (secondary N) is 1. The Balaban J connectivity index is 2.25. The van der Waals surface area contributed by atoms with Crippen LogP contribution in [0.25, 0.3) is 0 Å². The van der Waals surface area contributed by atoms with Gasteiger partial charge < -0.3 is 19.9 Å². The van der Waals surface area contributed by atoms with Crippen LogP contribution in [-0.2, 0) is 0 Å². The number of carbonyl (C=O) groups excluding carboxylic acids is 1. The normalized spacial score (nSPS) is 10.8. The summed E-state index contributed by atoms with van der Waals surface area (Å²) in [6.07, 6.45) is 2.90. The molecule has 0 saturated carbocycles. The second kappa shape index (κ2) is 9.73. The van der Waals surface area contributed by atoms with Crippen LogP contribution in [0, 0.1) is 0 Å². The molecule has 1 amide bonds. The number of aromatic nitrogens is 1. The van der Waals surface area contributed by atoms with Crippen molar-refractivity contribution in [1.82, 2.24) is 4.98 Å². The third kappa shape index (κ3) is 5.97. The SMILES string of the molecule is CCC(CC)Oc1cc(OC(C)C)cc(C(=O)Nc2ccc(C(=O)O)cn2)c1. The molecule has 0 saturated heterocycles. The van der Waals surface area contributed by atoms with Gasteiger partial charge in [-0.05, 0) is 51.0 Å². The molecule has 7 nitrogen and oxygen atoms in total. The van der Waals surface area contributed by atoms with Crippen LogP contribution >= 0.6 is 0 Å². The molecule has 0 fully saturated rings. The van der Waals surface area contributed by atoms with Crippen molar-refractivity contribution in [2.75, 3.05) is 5.32 Å². The van der Waals surface area contributed by atoms with Gasteiger partial charge in [0.25, 0.3) is 5.91 Å². The molecule has 1 aromatic heterocycles. The number of carboxylic acids is 1. The van der Waals surface area contributed by atoms with Crippen LogP contribution in [0.2, 0.25) is 0 Å². The highest BCUT2D eigenvalue weighted by atomic mass is 16.5. The average molecular weight is 386 g/mol. The number of hydrogen-bond acceptors (Lipinski definition) is 5. The molecule has 150 valence electrons. The standard InChI is InChI=1S/C21H26N2O5/c1-5-16(6-2)28-18-10-15(9-17(11-18)27-13(3)4)20(24)23-19-8-7-14(12-22-19)21(25)26/h7-13,16H,5-6H2,1-4H3,(H,25,26)(H,22,23,24). The van der Waals surface area contributed by atoms with Gasteiger partial charge in [0.2, 0.25) is 0 Å². The summed E-state index contributed by atoms with van der Waals surface area (Å²) in [7, 11) is 0. The van der Waals surface area contributed by atoms with E-state index in [1.165, 1.54) is 18.3 Å². The number of pyridine rings is 1. The number of rotatable bonds is 9. The second-order valence-electron chi connectivity index (χ2n) is 6.61. The van der Waals surface area contributed by atoms with E-state index >= 15 is 0 Å². The minimum atomic E-state index is -1.08. The third-order valence-corrected chi connectivity index (χ3v) is 3.98. The number of aromatic carboxylic acids is 1. The van der Waals surface area contributed by atoms with Crippen molar-refractivity contribution in [1.29, 1.82) is 0 Å². The van der Waals surface area contributed by atoms with Crippen molar-refractivity contribution in [2.45, 2.75) is 52.7 Å². The highest BCUT2D eigenvalue weighted by Crippen LogP contribution is 2.26. The van der Waals surface area contributed by atoms with E-state index in [2.05, 4.69) is 10.3 Å². The number of carbonyl (C=O) groups is 2. The van der Waals surface area contributed by atoms with Gasteiger partial charge in [0, 0.05) is 17.8 Å². The van der Waals surface area contributed by atoms with E-state index in [-0.39, 0.29) is 29.5 Å². The fraction of sp³-hybridized carbons (Fsp3) is 0.381. The van der Waals surface area contributed by atoms with Gasteiger partial charge in [-0.15, -0.1) is 0 Å². The molecule has 2 rings (SSSR count). The summed E-state index contributed by atoms with van der Waals surface area (Å²) in [6, 6.07) is 7.89. The van der Waals surface area contributed by atoms with Crippen LogP contribution in [0.3, 0.4) is 0 Å². The summed E-state index contributed by atoms with van der Waals surface area (Å²) >= 11 is 0. The molecule has 0 aliphatic heterocycles. The Morgan fingerprint density at radius 3 is 2.18 bits per heavy atom. The van der Waals surface area contributed by atoms with Crippen molar-refractivity contribution in [3.63, 3.8) is 0 Å². The maximum atomic E-state index is 12.7. The Labute approximate surface area is 164 Å². The van der Waals surface area contributed by atoms with Crippen molar-refractivity contribution >= 4 is 17.7 Å². The number of carboxylic acid groups (broad SMARTS) is 1. The molecule has 0 radical (unpaired) electrons. The molecule has 0 atom stereocenters. The lowest BCUT2D eigenvalue weighted by Crippen LogP contribution is -2.17. The quantitative estimate of drug-likeness (QED) is 0.663. The average Bonchev–Trinajstić information content (AvgIpc) is 2.65. The minimum Gasteiger partial charge on any atom is -0.491 e. The zero-order valence-corrected chi connectivity index (χ0v) is 16.6. The maximum absolute atomic E-state index is 12.7. The van der Waals surface area contributed by atoms with E-state index in [1.807, 2.05) is 27.7 Å². The fourth-order valence-corrected chi connectivity index (χ4v) is 2.54. The highest BCUT2D eigenvalue weighted by Gasteiger charge is 2.14. The van der Waals surface area contributed by atoms with Gasteiger partial charge in [-0.1, -0.05) is 13.8 Å². The number of benzene rings is 1. The molecule has 0 aliphatic rings. The van der Waals surface area contributed by atoms with Crippen LogP contribution in [0.5, 0.6) is 11.5 Å². The molecule has 0 unspecified atom stereocenters. The lowest BCUT2D eigenvalue weighted by Gasteiger charge is -2.18. The number of hydrogen-bond donors (Lipinski definition) is 2. The van der Waals surface area contributed by atoms with E-state index in [0.717, 1.165) is 12.8 Å². The van der Waals surface area contributed by atoms with Gasteiger partial charge in [0.1, 0.15) is 17.3 Å². The molecule has 1 heterocycles. The first-order valence-electron chi connectivity index (χ1n) is 9.31. The van der Waals surface area contributed by atoms with Gasteiger partial charge in [-0.3, -0.25) is 4.79 Å². The minimum absolute atomic E-state index is 0.0474. The first-order chi connectivity index (χ1) is 13.3. The Kier molecular flexibility index (Phi) is 7.37. The highest BCUT2D eigenvalue weighted by molar-refractivity contribution is 6.04. The Morgan fingerprint density at radius 1 is 1.04 bits per heavy atom. The van der Waals surface area contributed by atoms with Crippen molar-refractivity contribution in [2.24, 2.45) is 0 Å². The van der Waals surface area contributed by atoms with Crippen LogP contribution < -0.4 is 14.8 Å². The number of ether oxygens (including phenoxy) is 2. The van der Waals surface area contributed by atoms with E-state index in [1.54, 1.807) is 18.2 Å². The Bertz CT molecular complexity index is 814. The molecule has 1 aromatic carbocycles. The summed E-state index contributed by atoms with van der Waals surface area (Å²) in [5, 5.41) is 11.6. The van der Waals surface area contributed by atoms with Crippen LogP contribution in [0.1, 0.15) is 61.3 Å². The third-order valence-electron chi connectivity index (χ3n) is 3.98. The zero-order chi connectivity index (χ0) is 20.7. The molecule has 28 heavy (non-hydrogen) atoms. The fourth-order valence-electron chi connectivity index (χ4n) is 2.54. The zero-order valence-electron chi connectivity index (χ0n) is 16.6. The lowest BCUT2D eigenvalue weighted by atomic mass is 10.1. The molecular weight excluding hydrogens is 360 g/mol. The van der Waals surface area contributed by atoms with E-state index in [4.69, 9.17) is 14.6 Å². The predicted octanol–water partition coefficient (Wildman–Crippen LogP) is 4.39. The molecule has 2 N–H and O–H groups in total. The van der Waals surface area contributed by atoms with Crippen LogP contribution in [0.4, 0.5) is 5.82 Å². The van der Waals surface area contributed by atoms with Crippen LogP contribution in [0.15, 0.2) is 36.5 Å². The molecule has 0 aliphatic carbocycles. The summed E-state index contributed by atoms with van der Waals surface area (Å²) in [6.45, 7) is 7.90.